The van der Waals surface area contributed by atoms with Crippen molar-refractivity contribution in [1.29, 1.82) is 0 Å². The zero-order chi connectivity index (χ0) is 29.0. The Morgan fingerprint density at radius 1 is 0.850 bits per heavy atom. The van der Waals surface area contributed by atoms with Gasteiger partial charge in [-0.25, -0.2) is 14.3 Å². The molecular weight excluding hydrogens is 524 g/mol. The average Bonchev–Trinajstić information content (AvgIpc) is 2.94. The highest BCUT2D eigenvalue weighted by Gasteiger charge is 2.24. The number of hydrogen-bond acceptors (Lipinski definition) is 4. The van der Waals surface area contributed by atoms with Crippen LogP contribution in [-0.2, 0) is 29.2 Å². The Balaban J connectivity index is 1.68. The number of aromatic nitrogens is 1. The van der Waals surface area contributed by atoms with Crippen molar-refractivity contribution < 1.29 is 23.6 Å². The van der Waals surface area contributed by atoms with Gasteiger partial charge < -0.3 is 9.47 Å². The standard InChI is InChI=1S/C33H50ClN2O4/c1-4-6-7-8-9-10-11-12-13-14-15-18-24-39-32-21-20-29(25-31(32)34)27-40-33(38)36(28(3)37)26-30-19-16-17-23-35(30)22-5-2/h16-17,19-21,23,25H,4-15,18,22,24,26-27H2,1-3H3/q+1. The minimum Gasteiger partial charge on any atom is -0.492 e. The molecule has 1 aromatic carbocycles. The highest BCUT2D eigenvalue weighted by Crippen LogP contribution is 2.26. The quantitative estimate of drug-likeness (QED) is 0.117. The smallest absolute Gasteiger partial charge is 0.417 e. The SMILES string of the molecule is CCCCCCCCCCCCCCOc1ccc(COC(=O)N(Cc2cccc[n+]2CCC)C(C)=O)cc1Cl. The van der Waals surface area contributed by atoms with E-state index in [1.54, 1.807) is 6.07 Å². The first kappa shape index (κ1) is 33.6. The van der Waals surface area contributed by atoms with Crippen LogP contribution in [0.1, 0.15) is 115 Å². The van der Waals surface area contributed by atoms with E-state index in [-0.39, 0.29) is 19.1 Å². The minimum atomic E-state index is -0.678. The molecule has 0 saturated heterocycles. The maximum absolute atomic E-state index is 12.7. The predicted molar refractivity (Wildman–Crippen MR) is 161 cm³/mol. The minimum absolute atomic E-state index is 0.0190. The summed E-state index contributed by atoms with van der Waals surface area (Å²) < 4.78 is 13.4. The third-order valence-electron chi connectivity index (χ3n) is 7.03. The second-order valence-electron chi connectivity index (χ2n) is 10.5. The molecule has 0 radical (unpaired) electrons. The van der Waals surface area contributed by atoms with Crippen molar-refractivity contribution in [3.05, 3.63) is 58.9 Å². The molecule has 2 rings (SSSR count). The molecule has 0 aliphatic heterocycles. The largest absolute Gasteiger partial charge is 0.492 e. The van der Waals surface area contributed by atoms with Gasteiger partial charge in [-0.2, -0.15) is 0 Å². The molecule has 0 aliphatic carbocycles. The number of benzene rings is 1. The van der Waals surface area contributed by atoms with Gasteiger partial charge in [0.05, 0.1) is 11.6 Å². The summed E-state index contributed by atoms with van der Waals surface area (Å²) in [7, 11) is 0. The fourth-order valence-corrected chi connectivity index (χ4v) is 4.94. The molecule has 0 spiro atoms. The Hall–Kier alpha value is -2.60. The molecule has 0 atom stereocenters. The molecule has 6 nitrogen and oxygen atoms in total. The molecular formula is C33H50ClN2O4+. The topological polar surface area (TPSA) is 59.7 Å². The number of halogens is 1. The molecule has 0 aliphatic rings. The van der Waals surface area contributed by atoms with Crippen molar-refractivity contribution in [1.82, 2.24) is 4.90 Å². The first-order chi connectivity index (χ1) is 19.5. The normalized spacial score (nSPS) is 10.9. The van der Waals surface area contributed by atoms with Gasteiger partial charge in [0.15, 0.2) is 6.20 Å². The maximum atomic E-state index is 12.7. The molecule has 1 heterocycles. The van der Waals surface area contributed by atoms with Gasteiger partial charge in [0, 0.05) is 25.5 Å². The zero-order valence-electron chi connectivity index (χ0n) is 25.0. The van der Waals surface area contributed by atoms with Crippen molar-refractivity contribution in [3.63, 3.8) is 0 Å². The van der Waals surface area contributed by atoms with Crippen LogP contribution in [0.2, 0.25) is 5.02 Å². The van der Waals surface area contributed by atoms with E-state index in [0.717, 1.165) is 42.0 Å². The number of amides is 2. The number of rotatable bonds is 20. The summed E-state index contributed by atoms with van der Waals surface area (Å²) in [6.07, 6.45) is 17.9. The molecule has 7 heteroatoms. The number of imide groups is 1. The third-order valence-corrected chi connectivity index (χ3v) is 7.33. The molecule has 1 aromatic heterocycles. The van der Waals surface area contributed by atoms with E-state index < -0.39 is 6.09 Å². The maximum Gasteiger partial charge on any atom is 0.417 e. The highest BCUT2D eigenvalue weighted by atomic mass is 35.5. The second-order valence-corrected chi connectivity index (χ2v) is 11.0. The Morgan fingerprint density at radius 2 is 1.50 bits per heavy atom. The Bertz CT molecular complexity index is 1010. The van der Waals surface area contributed by atoms with Crippen molar-refractivity contribution in [3.8, 4) is 5.75 Å². The lowest BCUT2D eigenvalue weighted by molar-refractivity contribution is -0.704. The molecule has 0 N–H and O–H groups in total. The number of hydrogen-bond donors (Lipinski definition) is 0. The van der Waals surface area contributed by atoms with E-state index in [0.29, 0.717) is 17.4 Å². The van der Waals surface area contributed by atoms with E-state index in [1.165, 1.54) is 71.1 Å². The van der Waals surface area contributed by atoms with Crippen molar-refractivity contribution >= 4 is 23.6 Å². The van der Waals surface area contributed by atoms with Crippen molar-refractivity contribution in [2.45, 2.75) is 124 Å². The molecule has 0 bridgehead atoms. The summed E-state index contributed by atoms with van der Waals surface area (Å²) in [5, 5.41) is 0.487. The van der Waals surface area contributed by atoms with Gasteiger partial charge in [0.25, 0.3) is 0 Å². The predicted octanol–water partition coefficient (Wildman–Crippen LogP) is 8.80. The summed E-state index contributed by atoms with van der Waals surface area (Å²) in [6, 6.07) is 11.1. The van der Waals surface area contributed by atoms with Gasteiger partial charge in [-0.1, -0.05) is 108 Å². The lowest BCUT2D eigenvalue weighted by Crippen LogP contribution is -2.43. The first-order valence-corrected chi connectivity index (χ1v) is 15.7. The Labute approximate surface area is 247 Å². The molecule has 0 saturated carbocycles. The Morgan fingerprint density at radius 3 is 2.10 bits per heavy atom. The number of nitrogens with zero attached hydrogens (tertiary/aromatic N) is 2. The lowest BCUT2D eigenvalue weighted by Gasteiger charge is -2.18. The average molecular weight is 574 g/mol. The molecule has 2 aromatic rings. The third kappa shape index (κ3) is 13.2. The van der Waals surface area contributed by atoms with Gasteiger partial charge >= 0.3 is 6.09 Å². The number of ether oxygens (including phenoxy) is 2. The summed E-state index contributed by atoms with van der Waals surface area (Å²) in [4.78, 5) is 26.1. The number of aryl methyl sites for hydroxylation is 1. The van der Waals surface area contributed by atoms with Crippen molar-refractivity contribution in [2.24, 2.45) is 0 Å². The number of carbonyl (C=O) groups is 2. The van der Waals surface area contributed by atoms with E-state index in [9.17, 15) is 9.59 Å². The van der Waals surface area contributed by atoms with Crippen LogP contribution in [0.25, 0.3) is 0 Å². The summed E-state index contributed by atoms with van der Waals surface area (Å²) in [6.45, 7) is 7.33. The van der Waals surface area contributed by atoms with Gasteiger partial charge in [-0.3, -0.25) is 4.79 Å². The first-order valence-electron chi connectivity index (χ1n) is 15.3. The summed E-state index contributed by atoms with van der Waals surface area (Å²) >= 11 is 6.43. The van der Waals surface area contributed by atoms with Gasteiger partial charge in [0.2, 0.25) is 11.6 Å². The van der Waals surface area contributed by atoms with Crippen LogP contribution in [0.4, 0.5) is 4.79 Å². The molecule has 222 valence electrons. The lowest BCUT2D eigenvalue weighted by atomic mass is 10.1. The highest BCUT2D eigenvalue weighted by molar-refractivity contribution is 6.32. The van der Waals surface area contributed by atoms with Gasteiger partial charge in [-0.15, -0.1) is 0 Å². The fourth-order valence-electron chi connectivity index (χ4n) is 4.68. The van der Waals surface area contributed by atoms with E-state index in [2.05, 4.69) is 13.8 Å². The van der Waals surface area contributed by atoms with E-state index in [4.69, 9.17) is 21.1 Å². The number of pyridine rings is 1. The van der Waals surface area contributed by atoms with Crippen LogP contribution in [0, 0.1) is 0 Å². The van der Waals surface area contributed by atoms with Crippen LogP contribution in [0.15, 0.2) is 42.6 Å². The van der Waals surface area contributed by atoms with Gasteiger partial charge in [-0.05, 0) is 24.1 Å². The number of carbonyl (C=O) groups excluding carboxylic acids is 2. The van der Waals surface area contributed by atoms with E-state index in [1.807, 2.05) is 41.1 Å². The van der Waals surface area contributed by atoms with Crippen LogP contribution >= 0.6 is 11.6 Å². The van der Waals surface area contributed by atoms with Crippen LogP contribution in [0.3, 0.4) is 0 Å². The van der Waals surface area contributed by atoms with E-state index >= 15 is 0 Å². The second kappa shape index (κ2) is 20.3. The van der Waals surface area contributed by atoms with Crippen LogP contribution in [0.5, 0.6) is 5.75 Å². The molecule has 0 fully saturated rings. The summed E-state index contributed by atoms with van der Waals surface area (Å²) in [5.41, 5.74) is 1.61. The fraction of sp³-hybridized carbons (Fsp3) is 0.606. The number of unbranched alkanes of at least 4 members (excludes halogenated alkanes) is 11. The van der Waals surface area contributed by atoms with Crippen molar-refractivity contribution in [2.75, 3.05) is 6.61 Å². The molecule has 40 heavy (non-hydrogen) atoms. The molecule has 2 amide bonds. The van der Waals surface area contributed by atoms with Crippen LogP contribution in [-0.4, -0.2) is 23.5 Å². The van der Waals surface area contributed by atoms with Crippen LogP contribution < -0.4 is 9.30 Å². The monoisotopic (exact) mass is 573 g/mol. The van der Waals surface area contributed by atoms with Gasteiger partial charge in [0.1, 0.15) is 25.4 Å². The summed E-state index contributed by atoms with van der Waals surface area (Å²) in [5.74, 6) is 0.270. The zero-order valence-corrected chi connectivity index (χ0v) is 25.7. The Kier molecular flexibility index (Phi) is 17.1. The molecule has 0 unspecified atom stereocenters.